The topological polar surface area (TPSA) is 102 Å². The van der Waals surface area contributed by atoms with Crippen LogP contribution in [0.3, 0.4) is 0 Å². The van der Waals surface area contributed by atoms with Crippen molar-refractivity contribution in [2.45, 2.75) is 13.2 Å². The van der Waals surface area contributed by atoms with Crippen LogP contribution in [-0.2, 0) is 22.7 Å². The van der Waals surface area contributed by atoms with Crippen LogP contribution in [0.15, 0.2) is 97.1 Å². The number of benzene rings is 4. The van der Waals surface area contributed by atoms with Crippen molar-refractivity contribution in [3.63, 3.8) is 0 Å². The molecule has 0 saturated carbocycles. The van der Waals surface area contributed by atoms with Crippen LogP contribution in [0.4, 0.5) is 0 Å². The molecule has 0 unspecified atom stereocenters. The highest BCUT2D eigenvalue weighted by atomic mass is 16.5. The standard InChI is InChI=1S/C34H28N2O7/c37-31-27-13-11-25(19-29(27)33(39)35(31)15-17-41-21-23-7-3-1-4-8-23)43-26-12-14-28-30(20-26)34(40)36(32(28)38)16-18-42-22-24-9-5-2-6-10-24/h1-14,19-20H,15-18,21-22H2. The molecule has 2 aliphatic rings. The molecule has 4 amide bonds. The van der Waals surface area contributed by atoms with Gasteiger partial charge in [-0.05, 0) is 47.5 Å². The van der Waals surface area contributed by atoms with Gasteiger partial charge in [-0.3, -0.25) is 29.0 Å². The third kappa shape index (κ3) is 5.94. The smallest absolute Gasteiger partial charge is 0.261 e. The molecule has 2 aliphatic heterocycles. The first-order valence-electron chi connectivity index (χ1n) is 13.9. The maximum absolute atomic E-state index is 13.0. The summed E-state index contributed by atoms with van der Waals surface area (Å²) >= 11 is 0. The maximum atomic E-state index is 13.0. The molecule has 43 heavy (non-hydrogen) atoms. The highest BCUT2D eigenvalue weighted by Crippen LogP contribution is 2.32. The Morgan fingerprint density at radius 3 is 1.28 bits per heavy atom. The number of fused-ring (bicyclic) bond motifs is 2. The molecule has 6 rings (SSSR count). The summed E-state index contributed by atoms with van der Waals surface area (Å²) in [5, 5.41) is 0. The normalized spacial score (nSPS) is 14.0. The lowest BCUT2D eigenvalue weighted by molar-refractivity contribution is 0.0534. The SMILES string of the molecule is O=C1c2ccc(Oc3ccc4c(c3)C(=O)N(CCOCc3ccccc3)C4=O)cc2C(=O)N1CCOCc1ccccc1. The number of ether oxygens (including phenoxy) is 3. The van der Waals surface area contributed by atoms with Crippen molar-refractivity contribution in [1.82, 2.24) is 9.80 Å². The van der Waals surface area contributed by atoms with Crippen LogP contribution in [0, 0.1) is 0 Å². The zero-order valence-electron chi connectivity index (χ0n) is 23.2. The molecule has 0 radical (unpaired) electrons. The summed E-state index contributed by atoms with van der Waals surface area (Å²) in [6.07, 6.45) is 0. The van der Waals surface area contributed by atoms with E-state index in [2.05, 4.69) is 0 Å². The summed E-state index contributed by atoms with van der Waals surface area (Å²) in [7, 11) is 0. The quantitative estimate of drug-likeness (QED) is 0.171. The van der Waals surface area contributed by atoms with E-state index in [-0.39, 0.29) is 49.2 Å². The first-order valence-corrected chi connectivity index (χ1v) is 13.9. The number of hydrogen-bond acceptors (Lipinski definition) is 7. The van der Waals surface area contributed by atoms with Gasteiger partial charge < -0.3 is 14.2 Å². The molecule has 0 atom stereocenters. The fourth-order valence-electron chi connectivity index (χ4n) is 5.05. The summed E-state index contributed by atoms with van der Waals surface area (Å²) in [5.41, 5.74) is 3.06. The van der Waals surface area contributed by atoms with Gasteiger partial charge in [0.2, 0.25) is 0 Å². The van der Waals surface area contributed by atoms with Crippen LogP contribution >= 0.6 is 0 Å². The highest BCUT2D eigenvalue weighted by Gasteiger charge is 2.37. The van der Waals surface area contributed by atoms with Gasteiger partial charge in [-0.1, -0.05) is 60.7 Å². The molecular weight excluding hydrogens is 548 g/mol. The lowest BCUT2D eigenvalue weighted by Crippen LogP contribution is -2.33. The van der Waals surface area contributed by atoms with Crippen LogP contribution in [0.25, 0.3) is 0 Å². The Morgan fingerprint density at radius 1 is 0.465 bits per heavy atom. The van der Waals surface area contributed by atoms with Gasteiger partial charge >= 0.3 is 0 Å². The monoisotopic (exact) mass is 576 g/mol. The lowest BCUT2D eigenvalue weighted by atomic mass is 10.1. The van der Waals surface area contributed by atoms with Crippen molar-refractivity contribution in [3.05, 3.63) is 130 Å². The first kappa shape index (κ1) is 28.0. The average molecular weight is 577 g/mol. The maximum Gasteiger partial charge on any atom is 0.261 e. The molecule has 0 bridgehead atoms. The minimum atomic E-state index is -0.423. The molecule has 2 heterocycles. The Bertz CT molecular complexity index is 1560. The van der Waals surface area contributed by atoms with Gasteiger partial charge in [0.25, 0.3) is 23.6 Å². The fourth-order valence-corrected chi connectivity index (χ4v) is 5.05. The molecule has 0 saturated heterocycles. The van der Waals surface area contributed by atoms with E-state index in [1.807, 2.05) is 60.7 Å². The number of carbonyl (C=O) groups is 4. The molecule has 0 aromatic heterocycles. The summed E-state index contributed by atoms with van der Waals surface area (Å²) < 4.78 is 17.3. The van der Waals surface area contributed by atoms with Crippen LogP contribution < -0.4 is 4.74 Å². The zero-order chi connectivity index (χ0) is 29.8. The molecular formula is C34H28N2O7. The first-order chi connectivity index (χ1) is 21.0. The van der Waals surface area contributed by atoms with E-state index in [4.69, 9.17) is 14.2 Å². The molecule has 4 aromatic carbocycles. The van der Waals surface area contributed by atoms with E-state index in [0.717, 1.165) is 20.9 Å². The van der Waals surface area contributed by atoms with Crippen LogP contribution in [-0.4, -0.2) is 59.7 Å². The largest absolute Gasteiger partial charge is 0.457 e. The van der Waals surface area contributed by atoms with Crippen LogP contribution in [0.5, 0.6) is 11.5 Å². The molecule has 9 nitrogen and oxygen atoms in total. The number of rotatable bonds is 12. The van der Waals surface area contributed by atoms with Gasteiger partial charge in [0, 0.05) is 0 Å². The molecule has 216 valence electrons. The van der Waals surface area contributed by atoms with Crippen molar-refractivity contribution < 1.29 is 33.4 Å². The summed E-state index contributed by atoms with van der Waals surface area (Å²) in [5.74, 6) is -0.967. The second kappa shape index (κ2) is 12.4. The number of nitrogens with zero attached hydrogens (tertiary/aromatic N) is 2. The van der Waals surface area contributed by atoms with E-state index < -0.39 is 11.8 Å². The molecule has 0 N–H and O–H groups in total. The molecule has 0 fully saturated rings. The second-order valence-corrected chi connectivity index (χ2v) is 10.1. The predicted molar refractivity (Wildman–Crippen MR) is 156 cm³/mol. The van der Waals surface area contributed by atoms with Crippen LogP contribution in [0.2, 0.25) is 0 Å². The van der Waals surface area contributed by atoms with Gasteiger partial charge in [-0.15, -0.1) is 0 Å². The summed E-state index contributed by atoms with van der Waals surface area (Å²) in [6, 6.07) is 28.6. The van der Waals surface area contributed by atoms with E-state index in [9.17, 15) is 19.2 Å². The van der Waals surface area contributed by atoms with E-state index in [0.29, 0.717) is 35.8 Å². The molecule has 0 spiro atoms. The van der Waals surface area contributed by atoms with Gasteiger partial charge in [0.1, 0.15) is 11.5 Å². The number of carbonyl (C=O) groups excluding carboxylic acids is 4. The van der Waals surface area contributed by atoms with Gasteiger partial charge in [-0.25, -0.2) is 0 Å². The third-order valence-corrected chi connectivity index (χ3v) is 7.26. The molecule has 0 aliphatic carbocycles. The summed E-state index contributed by atoms with van der Waals surface area (Å²) in [6.45, 7) is 1.45. The highest BCUT2D eigenvalue weighted by molar-refractivity contribution is 6.22. The number of amides is 4. The van der Waals surface area contributed by atoms with Crippen molar-refractivity contribution in [3.8, 4) is 11.5 Å². The minimum absolute atomic E-state index is 0.129. The van der Waals surface area contributed by atoms with Crippen molar-refractivity contribution in [1.29, 1.82) is 0 Å². The van der Waals surface area contributed by atoms with Gasteiger partial charge in [0.05, 0.1) is 61.8 Å². The van der Waals surface area contributed by atoms with Gasteiger partial charge in [-0.2, -0.15) is 0 Å². The van der Waals surface area contributed by atoms with Crippen molar-refractivity contribution >= 4 is 23.6 Å². The molecule has 9 heteroatoms. The van der Waals surface area contributed by atoms with Crippen LogP contribution in [0.1, 0.15) is 52.6 Å². The number of hydrogen-bond donors (Lipinski definition) is 0. The number of imide groups is 2. The van der Waals surface area contributed by atoms with Gasteiger partial charge in [0.15, 0.2) is 0 Å². The van der Waals surface area contributed by atoms with E-state index in [1.54, 1.807) is 24.3 Å². The minimum Gasteiger partial charge on any atom is -0.457 e. The molecule has 4 aromatic rings. The van der Waals surface area contributed by atoms with E-state index in [1.165, 1.54) is 12.1 Å². The second-order valence-electron chi connectivity index (χ2n) is 10.1. The zero-order valence-corrected chi connectivity index (χ0v) is 23.2. The third-order valence-electron chi connectivity index (χ3n) is 7.26. The predicted octanol–water partition coefficient (Wildman–Crippen LogP) is 5.10. The average Bonchev–Trinajstić information content (AvgIpc) is 3.41. The Kier molecular flexibility index (Phi) is 8.08. The summed E-state index contributed by atoms with van der Waals surface area (Å²) in [4.78, 5) is 54.1. The Morgan fingerprint density at radius 2 is 0.860 bits per heavy atom. The Hall–Kier alpha value is -5.12. The fraction of sp³-hybridized carbons (Fsp3) is 0.176. The van der Waals surface area contributed by atoms with Crippen molar-refractivity contribution in [2.24, 2.45) is 0 Å². The lowest BCUT2D eigenvalue weighted by Gasteiger charge is -2.13. The van der Waals surface area contributed by atoms with E-state index >= 15 is 0 Å². The van der Waals surface area contributed by atoms with Crippen molar-refractivity contribution in [2.75, 3.05) is 26.3 Å². The Labute approximate surface area is 248 Å². The Balaban J connectivity index is 1.06.